The van der Waals surface area contributed by atoms with E-state index in [1.54, 1.807) is 18.2 Å². The van der Waals surface area contributed by atoms with E-state index in [1.807, 2.05) is 0 Å². The molecule has 3 rings (SSSR count). The lowest BCUT2D eigenvalue weighted by Crippen LogP contribution is -2.27. The van der Waals surface area contributed by atoms with Gasteiger partial charge in [0.15, 0.2) is 0 Å². The van der Waals surface area contributed by atoms with Crippen LogP contribution in [0.15, 0.2) is 24.3 Å². The van der Waals surface area contributed by atoms with E-state index in [0.29, 0.717) is 11.6 Å². The SMILES string of the molecule is O=C(Nc1ccccc1F)[C@H]1C[C@@H]2CC[C@H]1C2. The summed E-state index contributed by atoms with van der Waals surface area (Å²) in [4.78, 5) is 12.1. The number of carbonyl (C=O) groups is 1. The maximum atomic E-state index is 13.4. The molecule has 0 aliphatic heterocycles. The molecule has 2 aliphatic carbocycles. The first kappa shape index (κ1) is 10.8. The Morgan fingerprint density at radius 3 is 2.71 bits per heavy atom. The van der Waals surface area contributed by atoms with Crippen LogP contribution in [0.4, 0.5) is 10.1 Å². The van der Waals surface area contributed by atoms with Gasteiger partial charge in [0.05, 0.1) is 5.69 Å². The summed E-state index contributed by atoms with van der Waals surface area (Å²) in [6, 6.07) is 6.35. The Bertz CT molecular complexity index is 446. The predicted octanol–water partition coefficient (Wildman–Crippen LogP) is 3.20. The van der Waals surface area contributed by atoms with Gasteiger partial charge >= 0.3 is 0 Å². The first-order chi connectivity index (χ1) is 8.24. The number of carbonyl (C=O) groups excluding carboxylic acids is 1. The molecule has 0 saturated heterocycles. The molecule has 2 fully saturated rings. The molecule has 2 saturated carbocycles. The zero-order valence-corrected chi connectivity index (χ0v) is 9.66. The highest BCUT2D eigenvalue weighted by molar-refractivity contribution is 5.93. The van der Waals surface area contributed by atoms with Gasteiger partial charge in [-0.2, -0.15) is 0 Å². The quantitative estimate of drug-likeness (QED) is 0.835. The van der Waals surface area contributed by atoms with E-state index in [1.165, 1.54) is 25.3 Å². The van der Waals surface area contributed by atoms with Crippen molar-refractivity contribution in [1.29, 1.82) is 0 Å². The summed E-state index contributed by atoms with van der Waals surface area (Å²) in [7, 11) is 0. The molecule has 0 radical (unpaired) electrons. The van der Waals surface area contributed by atoms with Crippen molar-refractivity contribution in [3.8, 4) is 0 Å². The summed E-state index contributed by atoms with van der Waals surface area (Å²) in [5.74, 6) is 1.02. The van der Waals surface area contributed by atoms with E-state index in [9.17, 15) is 9.18 Å². The van der Waals surface area contributed by atoms with Crippen molar-refractivity contribution in [2.75, 3.05) is 5.32 Å². The zero-order valence-electron chi connectivity index (χ0n) is 9.66. The smallest absolute Gasteiger partial charge is 0.227 e. The molecule has 0 heterocycles. The fourth-order valence-corrected chi connectivity index (χ4v) is 3.35. The van der Waals surface area contributed by atoms with Crippen LogP contribution in [0.2, 0.25) is 0 Å². The molecule has 1 N–H and O–H groups in total. The molecule has 1 amide bonds. The molecule has 0 unspecified atom stereocenters. The molecular formula is C14H16FNO. The molecule has 2 aliphatic rings. The summed E-state index contributed by atoms with van der Waals surface area (Å²) >= 11 is 0. The molecule has 17 heavy (non-hydrogen) atoms. The van der Waals surface area contributed by atoms with Crippen LogP contribution in [0.25, 0.3) is 0 Å². The second kappa shape index (κ2) is 4.13. The summed E-state index contributed by atoms with van der Waals surface area (Å²) in [5.41, 5.74) is 0.306. The van der Waals surface area contributed by atoms with E-state index in [0.717, 1.165) is 12.3 Å². The Balaban J connectivity index is 1.70. The van der Waals surface area contributed by atoms with Gasteiger partial charge in [0, 0.05) is 5.92 Å². The van der Waals surface area contributed by atoms with E-state index in [-0.39, 0.29) is 17.6 Å². The largest absolute Gasteiger partial charge is 0.323 e. The fraction of sp³-hybridized carbons (Fsp3) is 0.500. The number of anilines is 1. The summed E-state index contributed by atoms with van der Waals surface area (Å²) < 4.78 is 13.4. The number of halogens is 1. The Labute approximate surface area is 100 Å². The summed E-state index contributed by atoms with van der Waals surface area (Å²) in [5, 5.41) is 2.72. The first-order valence-corrected chi connectivity index (χ1v) is 6.29. The van der Waals surface area contributed by atoms with Crippen LogP contribution < -0.4 is 5.32 Å². The van der Waals surface area contributed by atoms with Crippen LogP contribution in [0, 0.1) is 23.6 Å². The molecule has 0 spiro atoms. The van der Waals surface area contributed by atoms with Gasteiger partial charge in [-0.05, 0) is 43.2 Å². The van der Waals surface area contributed by atoms with Crippen LogP contribution in [-0.4, -0.2) is 5.91 Å². The number of hydrogen-bond donors (Lipinski definition) is 1. The van der Waals surface area contributed by atoms with Gasteiger partial charge in [0.25, 0.3) is 0 Å². The Morgan fingerprint density at radius 1 is 1.24 bits per heavy atom. The molecule has 90 valence electrons. The average Bonchev–Trinajstić information content (AvgIpc) is 2.94. The van der Waals surface area contributed by atoms with Crippen molar-refractivity contribution in [1.82, 2.24) is 0 Å². The van der Waals surface area contributed by atoms with Gasteiger partial charge in [0.2, 0.25) is 5.91 Å². The van der Waals surface area contributed by atoms with E-state index in [2.05, 4.69) is 5.32 Å². The second-order valence-corrected chi connectivity index (χ2v) is 5.25. The molecular weight excluding hydrogens is 217 g/mol. The number of para-hydroxylation sites is 1. The van der Waals surface area contributed by atoms with E-state index in [4.69, 9.17) is 0 Å². The number of rotatable bonds is 2. The topological polar surface area (TPSA) is 29.1 Å². The minimum Gasteiger partial charge on any atom is -0.323 e. The molecule has 1 aromatic carbocycles. The Kier molecular flexibility index (Phi) is 2.61. The maximum absolute atomic E-state index is 13.4. The Hall–Kier alpha value is -1.38. The van der Waals surface area contributed by atoms with E-state index < -0.39 is 0 Å². The van der Waals surface area contributed by atoms with Crippen LogP contribution in [0.3, 0.4) is 0 Å². The number of hydrogen-bond acceptors (Lipinski definition) is 1. The van der Waals surface area contributed by atoms with Gasteiger partial charge < -0.3 is 5.32 Å². The Morgan fingerprint density at radius 2 is 2.06 bits per heavy atom. The third-order valence-corrected chi connectivity index (χ3v) is 4.21. The van der Waals surface area contributed by atoms with Crippen molar-refractivity contribution in [3.63, 3.8) is 0 Å². The van der Waals surface area contributed by atoms with Crippen molar-refractivity contribution in [2.24, 2.45) is 17.8 Å². The van der Waals surface area contributed by atoms with Crippen LogP contribution in [-0.2, 0) is 4.79 Å². The lowest BCUT2D eigenvalue weighted by atomic mass is 9.88. The fourth-order valence-electron chi connectivity index (χ4n) is 3.35. The van der Waals surface area contributed by atoms with Gasteiger partial charge in [0.1, 0.15) is 5.82 Å². The van der Waals surface area contributed by atoms with Crippen LogP contribution in [0.5, 0.6) is 0 Å². The predicted molar refractivity (Wildman–Crippen MR) is 64.0 cm³/mol. The van der Waals surface area contributed by atoms with Crippen molar-refractivity contribution >= 4 is 11.6 Å². The number of benzene rings is 1. The molecule has 1 aromatic rings. The highest BCUT2D eigenvalue weighted by Crippen LogP contribution is 2.48. The lowest BCUT2D eigenvalue weighted by Gasteiger charge is -2.20. The molecule has 3 atom stereocenters. The third kappa shape index (κ3) is 1.94. The lowest BCUT2D eigenvalue weighted by molar-refractivity contribution is -0.121. The van der Waals surface area contributed by atoms with Crippen LogP contribution >= 0.6 is 0 Å². The van der Waals surface area contributed by atoms with Crippen molar-refractivity contribution in [3.05, 3.63) is 30.1 Å². The van der Waals surface area contributed by atoms with Gasteiger partial charge in [-0.25, -0.2) is 4.39 Å². The standard InChI is InChI=1S/C14H16FNO/c15-12-3-1-2-4-13(12)16-14(17)11-8-9-5-6-10(11)7-9/h1-4,9-11H,5-8H2,(H,16,17)/t9-,10+,11+/m1/s1. The number of amides is 1. The minimum atomic E-state index is -0.357. The second-order valence-electron chi connectivity index (χ2n) is 5.25. The highest BCUT2D eigenvalue weighted by Gasteiger charge is 2.43. The first-order valence-electron chi connectivity index (χ1n) is 6.29. The third-order valence-electron chi connectivity index (χ3n) is 4.21. The van der Waals surface area contributed by atoms with Crippen LogP contribution in [0.1, 0.15) is 25.7 Å². The molecule has 2 nitrogen and oxygen atoms in total. The van der Waals surface area contributed by atoms with Gasteiger partial charge in [-0.1, -0.05) is 18.6 Å². The number of fused-ring (bicyclic) bond motifs is 2. The van der Waals surface area contributed by atoms with E-state index >= 15 is 0 Å². The van der Waals surface area contributed by atoms with Crippen molar-refractivity contribution < 1.29 is 9.18 Å². The van der Waals surface area contributed by atoms with Crippen molar-refractivity contribution in [2.45, 2.75) is 25.7 Å². The minimum absolute atomic E-state index is 0.00213. The summed E-state index contributed by atoms with van der Waals surface area (Å²) in [6.45, 7) is 0. The number of nitrogens with one attached hydrogen (secondary N) is 1. The molecule has 0 aromatic heterocycles. The average molecular weight is 233 g/mol. The normalized spacial score (nSPS) is 30.5. The van der Waals surface area contributed by atoms with Gasteiger partial charge in [-0.3, -0.25) is 4.79 Å². The van der Waals surface area contributed by atoms with Gasteiger partial charge in [-0.15, -0.1) is 0 Å². The molecule has 3 heteroatoms. The highest BCUT2D eigenvalue weighted by atomic mass is 19.1. The zero-order chi connectivity index (χ0) is 11.8. The maximum Gasteiger partial charge on any atom is 0.227 e. The summed E-state index contributed by atoms with van der Waals surface area (Å²) in [6.07, 6.45) is 4.62. The monoisotopic (exact) mass is 233 g/mol. The molecule has 2 bridgehead atoms.